The lowest BCUT2D eigenvalue weighted by Crippen LogP contribution is -2.72. The number of aromatic nitrogens is 2. The number of aliphatic hydroxyl groups excluding tert-OH is 1. The molecule has 2 bridgehead atoms. The highest BCUT2D eigenvalue weighted by molar-refractivity contribution is 6.14. The van der Waals surface area contributed by atoms with Gasteiger partial charge < -0.3 is 30.5 Å². The van der Waals surface area contributed by atoms with Crippen LogP contribution in [0, 0.1) is 11.2 Å². The third-order valence-electron chi connectivity index (χ3n) is 7.33. The summed E-state index contributed by atoms with van der Waals surface area (Å²) < 4.78 is 63.7. The summed E-state index contributed by atoms with van der Waals surface area (Å²) in [6.07, 6.45) is -0.180. The number of amides is 2. The van der Waals surface area contributed by atoms with Crippen molar-refractivity contribution in [2.45, 2.75) is 31.0 Å². The van der Waals surface area contributed by atoms with Gasteiger partial charge in [-0.3, -0.25) is 9.59 Å². The molecule has 0 atom stereocenters. The molecule has 3 saturated carbocycles. The molecule has 2 heterocycles. The molecule has 216 valence electrons. The molecule has 0 spiro atoms. The van der Waals surface area contributed by atoms with Crippen LogP contribution in [-0.4, -0.2) is 53.3 Å². The van der Waals surface area contributed by atoms with Crippen LogP contribution in [0.1, 0.15) is 45.5 Å². The van der Waals surface area contributed by atoms with Gasteiger partial charge in [-0.05, 0) is 43.5 Å². The van der Waals surface area contributed by atoms with Gasteiger partial charge in [0.05, 0.1) is 37.2 Å². The highest BCUT2D eigenvalue weighted by Gasteiger charge is 2.67. The minimum atomic E-state index is -4.98. The van der Waals surface area contributed by atoms with E-state index in [1.165, 1.54) is 32.5 Å². The van der Waals surface area contributed by atoms with E-state index >= 15 is 0 Å². The monoisotopic (exact) mass is 575 g/mol. The molecule has 2 amide bonds. The zero-order valence-corrected chi connectivity index (χ0v) is 21.9. The van der Waals surface area contributed by atoms with Crippen LogP contribution >= 0.6 is 0 Å². The number of carbonyl (C=O) groups is 2. The van der Waals surface area contributed by atoms with E-state index in [1.807, 2.05) is 0 Å². The Morgan fingerprint density at radius 1 is 1.02 bits per heavy atom. The van der Waals surface area contributed by atoms with Gasteiger partial charge in [0, 0.05) is 35.5 Å². The quantitative estimate of drug-likeness (QED) is 0.275. The van der Waals surface area contributed by atoms with E-state index in [1.54, 1.807) is 0 Å². The second kappa shape index (κ2) is 10.2. The number of aliphatic hydroxyl groups is 1. The molecule has 3 aliphatic carbocycles. The largest absolute Gasteiger partial charge is 0.496 e. The van der Waals surface area contributed by atoms with E-state index in [0.29, 0.717) is 12.1 Å². The number of alkyl halides is 3. The van der Waals surface area contributed by atoms with E-state index in [9.17, 15) is 32.3 Å². The molecule has 6 rings (SSSR count). The molecule has 3 aromatic rings. The molecule has 0 aliphatic heterocycles. The molecule has 3 aliphatic rings. The predicted octanol–water partition coefficient (Wildman–Crippen LogP) is 4.48. The number of rotatable bonds is 9. The fourth-order valence-corrected chi connectivity index (χ4v) is 5.52. The molecule has 2 aromatic heterocycles. The van der Waals surface area contributed by atoms with Gasteiger partial charge >= 0.3 is 6.18 Å². The highest BCUT2D eigenvalue weighted by atomic mass is 19.4. The third kappa shape index (κ3) is 5.22. The van der Waals surface area contributed by atoms with Crippen molar-refractivity contribution in [1.29, 1.82) is 0 Å². The van der Waals surface area contributed by atoms with E-state index in [0.717, 1.165) is 31.5 Å². The Kier molecular flexibility index (Phi) is 6.97. The number of ether oxygens (including phenoxy) is 2. The fourth-order valence-electron chi connectivity index (χ4n) is 5.52. The van der Waals surface area contributed by atoms with Gasteiger partial charge in [0.1, 0.15) is 22.9 Å². The van der Waals surface area contributed by atoms with Crippen molar-refractivity contribution >= 4 is 29.0 Å². The van der Waals surface area contributed by atoms with Crippen molar-refractivity contribution in [1.82, 2.24) is 9.97 Å². The second-order valence-electron chi connectivity index (χ2n) is 10.2. The normalized spacial score (nSPS) is 20.8. The topological polar surface area (TPSA) is 135 Å². The number of benzene rings is 1. The summed E-state index contributed by atoms with van der Waals surface area (Å²) >= 11 is 0. The number of nitrogens with zero attached hydrogens (tertiary/aromatic N) is 2. The Morgan fingerprint density at radius 2 is 1.76 bits per heavy atom. The molecule has 10 nitrogen and oxygen atoms in total. The SMILES string of the molecule is COc1cc(C(=O)Nc2ccc(F)c(C(F)(F)F)c2)c(NC(=O)c2c(OC)ccnc2NC23CC(CO)(C2)C3)cn1. The first-order valence-corrected chi connectivity index (χ1v) is 12.4. The summed E-state index contributed by atoms with van der Waals surface area (Å²) in [5.41, 5.74) is -2.50. The molecule has 0 unspecified atom stereocenters. The van der Waals surface area contributed by atoms with Crippen LogP contribution < -0.4 is 25.4 Å². The Hall–Kier alpha value is -4.46. The van der Waals surface area contributed by atoms with Gasteiger partial charge in [-0.2, -0.15) is 13.2 Å². The summed E-state index contributed by atoms with van der Waals surface area (Å²) in [6.45, 7) is 0.0834. The molecule has 3 fully saturated rings. The number of carbonyl (C=O) groups excluding carboxylic acids is 2. The summed E-state index contributed by atoms with van der Waals surface area (Å²) in [6, 6.07) is 4.71. The van der Waals surface area contributed by atoms with Crippen molar-refractivity contribution in [2.75, 3.05) is 36.8 Å². The Bertz CT molecular complexity index is 1510. The predicted molar refractivity (Wildman–Crippen MR) is 139 cm³/mol. The first kappa shape index (κ1) is 28.1. The van der Waals surface area contributed by atoms with Crippen LogP contribution in [0.2, 0.25) is 0 Å². The maximum Gasteiger partial charge on any atom is 0.419 e. The maximum atomic E-state index is 13.7. The molecule has 41 heavy (non-hydrogen) atoms. The van der Waals surface area contributed by atoms with Crippen LogP contribution in [0.3, 0.4) is 0 Å². The molecular weight excluding hydrogens is 550 g/mol. The van der Waals surface area contributed by atoms with E-state index in [4.69, 9.17) is 9.47 Å². The number of pyridine rings is 2. The minimum absolute atomic E-state index is 0.00835. The number of halogens is 4. The zero-order valence-electron chi connectivity index (χ0n) is 21.9. The van der Waals surface area contributed by atoms with Crippen LogP contribution in [0.15, 0.2) is 42.7 Å². The average molecular weight is 576 g/mol. The van der Waals surface area contributed by atoms with E-state index < -0.39 is 29.4 Å². The smallest absolute Gasteiger partial charge is 0.419 e. The van der Waals surface area contributed by atoms with Gasteiger partial charge in [0.25, 0.3) is 11.8 Å². The lowest BCUT2D eigenvalue weighted by Gasteiger charge is -2.70. The van der Waals surface area contributed by atoms with Gasteiger partial charge in [0.2, 0.25) is 5.88 Å². The average Bonchev–Trinajstić information content (AvgIpc) is 2.90. The number of hydrogen-bond donors (Lipinski definition) is 4. The summed E-state index contributed by atoms with van der Waals surface area (Å²) in [7, 11) is 2.67. The number of anilines is 3. The van der Waals surface area contributed by atoms with Gasteiger partial charge in [-0.1, -0.05) is 0 Å². The van der Waals surface area contributed by atoms with E-state index in [-0.39, 0.29) is 57.5 Å². The van der Waals surface area contributed by atoms with Gasteiger partial charge in [-0.25, -0.2) is 14.4 Å². The maximum absolute atomic E-state index is 13.7. The van der Waals surface area contributed by atoms with E-state index in [2.05, 4.69) is 25.9 Å². The first-order valence-electron chi connectivity index (χ1n) is 12.4. The standard InChI is InChI=1S/C27H25F4N5O5/c1-40-19-5-6-32-22(36-26-10-25(11-26,12-26)13-37)21(19)24(39)35-18-9-33-20(41-2)8-15(18)23(38)34-14-3-4-17(28)16(7-14)27(29,30)31/h3-9,37H,10-13H2,1-2H3,(H,32,36)(H,34,38)(H,35,39). The van der Waals surface area contributed by atoms with Crippen LogP contribution in [0.5, 0.6) is 11.6 Å². The lowest BCUT2D eigenvalue weighted by molar-refractivity contribution is -0.146. The zero-order chi connectivity index (χ0) is 29.6. The Labute approximate surface area is 231 Å². The van der Waals surface area contributed by atoms with Crippen molar-refractivity contribution in [3.8, 4) is 11.6 Å². The molecule has 0 radical (unpaired) electrons. The summed E-state index contributed by atoms with van der Waals surface area (Å²) in [5.74, 6) is -2.68. The minimum Gasteiger partial charge on any atom is -0.496 e. The molecular formula is C27H25F4N5O5. The van der Waals surface area contributed by atoms with Crippen LogP contribution in [-0.2, 0) is 6.18 Å². The van der Waals surface area contributed by atoms with Gasteiger partial charge in [-0.15, -0.1) is 0 Å². The molecule has 4 N–H and O–H groups in total. The van der Waals surface area contributed by atoms with Crippen molar-refractivity contribution in [3.05, 3.63) is 65.2 Å². The summed E-state index contributed by atoms with van der Waals surface area (Å²) in [4.78, 5) is 35.0. The molecule has 0 saturated heterocycles. The fraction of sp³-hybridized carbons (Fsp3) is 0.333. The molecule has 1 aromatic carbocycles. The van der Waals surface area contributed by atoms with Crippen molar-refractivity contribution < 1.29 is 41.7 Å². The Balaban J connectivity index is 1.42. The Morgan fingerprint density at radius 3 is 2.39 bits per heavy atom. The highest BCUT2D eigenvalue weighted by Crippen LogP contribution is 2.68. The van der Waals surface area contributed by atoms with Gasteiger partial charge in [0.15, 0.2) is 0 Å². The number of hydrogen-bond acceptors (Lipinski definition) is 8. The summed E-state index contributed by atoms with van der Waals surface area (Å²) in [5, 5.41) is 17.8. The van der Waals surface area contributed by atoms with Crippen LogP contribution in [0.25, 0.3) is 0 Å². The second-order valence-corrected chi connectivity index (χ2v) is 10.2. The molecule has 14 heteroatoms. The third-order valence-corrected chi connectivity index (χ3v) is 7.33. The van der Waals surface area contributed by atoms with Crippen molar-refractivity contribution in [2.24, 2.45) is 5.41 Å². The first-order chi connectivity index (χ1) is 19.4. The number of nitrogens with one attached hydrogen (secondary N) is 3. The van der Waals surface area contributed by atoms with Crippen molar-refractivity contribution in [3.63, 3.8) is 0 Å². The lowest BCUT2D eigenvalue weighted by atomic mass is 9.39. The van der Waals surface area contributed by atoms with Crippen LogP contribution in [0.4, 0.5) is 34.8 Å². The number of methoxy groups -OCH3 is 2.